The maximum Gasteiger partial charge on any atom is 0.261 e. The first-order chi connectivity index (χ1) is 15.2. The third-order valence-corrected chi connectivity index (χ3v) is 11.2. The second kappa shape index (κ2) is 8.86. The first-order valence-corrected chi connectivity index (χ1v) is 13.2. The zero-order chi connectivity index (χ0) is 23.0. The summed E-state index contributed by atoms with van der Waals surface area (Å²) in [5.74, 6) is -0.742. The van der Waals surface area contributed by atoms with Crippen LogP contribution in [0.4, 0.5) is 0 Å². The first-order valence-electron chi connectivity index (χ1n) is 11.3. The maximum atomic E-state index is 9.38. The van der Waals surface area contributed by atoms with Crippen LogP contribution in [0.15, 0.2) is 72.8 Å². The molecule has 2 fully saturated rings. The Labute approximate surface area is 192 Å². The Kier molecular flexibility index (Phi) is 6.46. The topological polar surface area (TPSA) is 57.2 Å². The van der Waals surface area contributed by atoms with E-state index in [-0.39, 0.29) is 30.0 Å². The fourth-order valence-electron chi connectivity index (χ4n) is 4.88. The molecule has 4 rings (SSSR count). The molecule has 2 heterocycles. The highest BCUT2D eigenvalue weighted by Crippen LogP contribution is 2.44. The summed E-state index contributed by atoms with van der Waals surface area (Å²) < 4.78 is 25.8. The lowest BCUT2D eigenvalue weighted by atomic mass is 10.1. The van der Waals surface area contributed by atoms with Gasteiger partial charge in [-0.1, -0.05) is 93.6 Å². The number of fused-ring (bicyclic) bond motifs is 1. The van der Waals surface area contributed by atoms with Crippen molar-refractivity contribution in [3.63, 3.8) is 0 Å². The smallest absolute Gasteiger partial charge is 0.261 e. The molecule has 0 radical (unpaired) electrons. The molecule has 1 unspecified atom stereocenters. The molecular formula is C26H34O5Si. The van der Waals surface area contributed by atoms with E-state index in [9.17, 15) is 5.11 Å². The van der Waals surface area contributed by atoms with E-state index in [0.29, 0.717) is 0 Å². The van der Waals surface area contributed by atoms with E-state index in [1.165, 1.54) is 10.4 Å². The number of aliphatic hydroxyl groups is 1. The molecule has 2 aromatic carbocycles. The summed E-state index contributed by atoms with van der Waals surface area (Å²) >= 11 is 0. The summed E-state index contributed by atoms with van der Waals surface area (Å²) in [5, 5.41) is 11.6. The molecule has 0 bridgehead atoms. The normalized spacial score (nSPS) is 27.7. The average Bonchev–Trinajstić information content (AvgIpc) is 3.22. The van der Waals surface area contributed by atoms with Crippen LogP contribution in [-0.2, 0) is 18.6 Å². The van der Waals surface area contributed by atoms with Crippen LogP contribution in [0.2, 0.25) is 5.04 Å². The van der Waals surface area contributed by atoms with Crippen molar-refractivity contribution >= 4 is 18.7 Å². The van der Waals surface area contributed by atoms with E-state index in [1.807, 2.05) is 32.1 Å². The average molecular weight is 455 g/mol. The van der Waals surface area contributed by atoms with E-state index in [2.05, 4.69) is 69.3 Å². The highest BCUT2D eigenvalue weighted by Gasteiger charge is 2.59. The quantitative estimate of drug-likeness (QED) is 0.536. The molecule has 0 aromatic heterocycles. The zero-order valence-electron chi connectivity index (χ0n) is 19.5. The third kappa shape index (κ3) is 4.23. The zero-order valence-corrected chi connectivity index (χ0v) is 20.5. The first kappa shape index (κ1) is 23.4. The van der Waals surface area contributed by atoms with Crippen LogP contribution in [0.5, 0.6) is 0 Å². The summed E-state index contributed by atoms with van der Waals surface area (Å²) in [7, 11) is -2.81. The lowest BCUT2D eigenvalue weighted by Gasteiger charge is -2.45. The number of hydrogen-bond acceptors (Lipinski definition) is 5. The molecule has 2 aromatic rings. The molecule has 0 amide bonds. The Morgan fingerprint density at radius 2 is 1.53 bits per heavy atom. The van der Waals surface area contributed by atoms with E-state index < -0.39 is 20.4 Å². The number of benzene rings is 2. The maximum absolute atomic E-state index is 9.38. The van der Waals surface area contributed by atoms with Gasteiger partial charge in [0.15, 0.2) is 12.1 Å². The van der Waals surface area contributed by atoms with Crippen molar-refractivity contribution in [2.75, 3.05) is 6.61 Å². The Balaban J connectivity index is 1.85. The van der Waals surface area contributed by atoms with Crippen LogP contribution in [0.1, 0.15) is 34.6 Å². The van der Waals surface area contributed by atoms with Crippen molar-refractivity contribution in [3.8, 4) is 0 Å². The molecular weight excluding hydrogens is 420 g/mol. The van der Waals surface area contributed by atoms with Gasteiger partial charge in [0.05, 0.1) is 6.61 Å². The van der Waals surface area contributed by atoms with Crippen LogP contribution >= 0.6 is 0 Å². The van der Waals surface area contributed by atoms with Crippen LogP contribution in [0.25, 0.3) is 0 Å². The van der Waals surface area contributed by atoms with Gasteiger partial charge in [0.2, 0.25) is 0 Å². The van der Waals surface area contributed by atoms with Crippen LogP contribution < -0.4 is 10.4 Å². The largest absolute Gasteiger partial charge is 0.399 e. The second-order valence-electron chi connectivity index (χ2n) is 9.93. The van der Waals surface area contributed by atoms with Gasteiger partial charge in [-0.3, -0.25) is 0 Å². The molecule has 5 nitrogen and oxygen atoms in total. The minimum Gasteiger partial charge on any atom is -0.399 e. The molecule has 4 atom stereocenters. The van der Waals surface area contributed by atoms with Gasteiger partial charge in [-0.15, -0.1) is 0 Å². The molecule has 0 saturated carbocycles. The molecule has 32 heavy (non-hydrogen) atoms. The number of ether oxygens (including phenoxy) is 3. The third-order valence-electron chi connectivity index (χ3n) is 6.19. The highest BCUT2D eigenvalue weighted by atomic mass is 28.4. The van der Waals surface area contributed by atoms with Gasteiger partial charge in [0.1, 0.15) is 18.3 Å². The molecule has 0 aliphatic carbocycles. The van der Waals surface area contributed by atoms with Crippen LogP contribution in [0, 0.1) is 0 Å². The van der Waals surface area contributed by atoms with Crippen LogP contribution in [-0.4, -0.2) is 50.4 Å². The van der Waals surface area contributed by atoms with Gasteiger partial charge in [0.25, 0.3) is 8.32 Å². The summed E-state index contributed by atoms with van der Waals surface area (Å²) in [6, 6.07) is 21.1. The SMILES string of the molecule is CC1(C)O[C@H]2OC(/C=C/CO)[C@@H](O[Si](c3ccccc3)(c3ccccc3)C(C)(C)C)[C@H]2O1. The monoisotopic (exact) mass is 454 g/mol. The van der Waals surface area contributed by atoms with Crippen molar-refractivity contribution < 1.29 is 23.7 Å². The van der Waals surface area contributed by atoms with Crippen molar-refractivity contribution in [1.82, 2.24) is 0 Å². The summed E-state index contributed by atoms with van der Waals surface area (Å²) in [5.41, 5.74) is 0. The molecule has 0 spiro atoms. The van der Waals surface area contributed by atoms with Gasteiger partial charge in [-0.25, -0.2) is 0 Å². The Morgan fingerprint density at radius 1 is 0.969 bits per heavy atom. The minimum absolute atomic E-state index is 0.0612. The summed E-state index contributed by atoms with van der Waals surface area (Å²) in [6.07, 6.45) is 1.92. The number of hydrogen-bond donors (Lipinski definition) is 1. The fraction of sp³-hybridized carbons (Fsp3) is 0.462. The Bertz CT molecular complexity index is 883. The van der Waals surface area contributed by atoms with E-state index in [4.69, 9.17) is 18.6 Å². The van der Waals surface area contributed by atoms with Crippen molar-refractivity contribution in [1.29, 1.82) is 0 Å². The van der Waals surface area contributed by atoms with Gasteiger partial charge >= 0.3 is 0 Å². The summed E-state index contributed by atoms with van der Waals surface area (Å²) in [6.45, 7) is 10.5. The predicted molar refractivity (Wildman–Crippen MR) is 127 cm³/mol. The Morgan fingerprint density at radius 3 is 2.03 bits per heavy atom. The Hall–Kier alpha value is -1.80. The van der Waals surface area contributed by atoms with Crippen LogP contribution in [0.3, 0.4) is 0 Å². The predicted octanol–water partition coefficient (Wildman–Crippen LogP) is 3.36. The van der Waals surface area contributed by atoms with E-state index in [1.54, 1.807) is 6.08 Å². The molecule has 1 N–H and O–H groups in total. The van der Waals surface area contributed by atoms with Crippen molar-refractivity contribution in [2.24, 2.45) is 0 Å². The highest BCUT2D eigenvalue weighted by molar-refractivity contribution is 6.99. The van der Waals surface area contributed by atoms with Gasteiger partial charge in [0, 0.05) is 0 Å². The molecule has 172 valence electrons. The lowest BCUT2D eigenvalue weighted by Crippen LogP contribution is -2.69. The van der Waals surface area contributed by atoms with Crippen molar-refractivity contribution in [3.05, 3.63) is 72.8 Å². The van der Waals surface area contributed by atoms with Gasteiger partial charge < -0.3 is 23.7 Å². The van der Waals surface area contributed by atoms with E-state index in [0.717, 1.165) is 0 Å². The number of aliphatic hydroxyl groups excluding tert-OH is 1. The molecule has 6 heteroatoms. The molecule has 2 aliphatic heterocycles. The lowest BCUT2D eigenvalue weighted by molar-refractivity contribution is -0.208. The fourth-order valence-corrected chi connectivity index (χ4v) is 9.57. The van der Waals surface area contributed by atoms with Gasteiger partial charge in [-0.05, 0) is 29.3 Å². The minimum atomic E-state index is -2.81. The molecule has 2 aliphatic rings. The van der Waals surface area contributed by atoms with Gasteiger partial charge in [-0.2, -0.15) is 0 Å². The van der Waals surface area contributed by atoms with Crippen molar-refractivity contribution in [2.45, 2.75) is 70.0 Å². The standard InChI is InChI=1S/C26H34O5Si/c1-25(2,3)32(19-13-8-6-9-14-19,20-15-10-7-11-16-20)31-22-21(17-12-18-27)28-24-23(22)29-26(4,5)30-24/h6-17,21-24,27H,18H2,1-5H3/b17-12+/t21?,22-,23-,24-/m1/s1. The van der Waals surface area contributed by atoms with E-state index >= 15 is 0 Å². The number of rotatable bonds is 6. The second-order valence-corrected chi connectivity index (χ2v) is 14.2. The molecule has 2 saturated heterocycles. The summed E-state index contributed by atoms with van der Waals surface area (Å²) in [4.78, 5) is 0.